The first-order chi connectivity index (χ1) is 13.5. The molecule has 0 fully saturated rings. The van der Waals surface area contributed by atoms with E-state index in [4.69, 9.17) is 5.73 Å². The molecule has 0 spiro atoms. The lowest BCUT2D eigenvalue weighted by Crippen LogP contribution is -2.17. The van der Waals surface area contributed by atoms with Crippen LogP contribution < -0.4 is 5.73 Å². The van der Waals surface area contributed by atoms with Crippen LogP contribution >= 0.6 is 0 Å². The third-order valence-electron chi connectivity index (χ3n) is 4.81. The summed E-state index contributed by atoms with van der Waals surface area (Å²) in [5.74, 6) is -1.16. The van der Waals surface area contributed by atoms with Crippen LogP contribution in [0, 0.1) is 18.6 Å². The zero-order valence-corrected chi connectivity index (χ0v) is 15.2. The average molecular weight is 376 g/mol. The van der Waals surface area contributed by atoms with Gasteiger partial charge in [-0.2, -0.15) is 0 Å². The van der Waals surface area contributed by atoms with Crippen molar-refractivity contribution in [1.82, 2.24) is 15.0 Å². The van der Waals surface area contributed by atoms with E-state index in [1.54, 1.807) is 12.4 Å². The van der Waals surface area contributed by atoms with E-state index in [0.717, 1.165) is 22.0 Å². The van der Waals surface area contributed by atoms with Gasteiger partial charge in [-0.1, -0.05) is 18.2 Å². The molecule has 0 amide bonds. The number of hydrogen-bond donors (Lipinski definition) is 1. The molecule has 0 aliphatic rings. The molecule has 0 radical (unpaired) electrons. The summed E-state index contributed by atoms with van der Waals surface area (Å²) in [7, 11) is 0. The molecule has 140 valence electrons. The molecule has 4 nitrogen and oxygen atoms in total. The fourth-order valence-corrected chi connectivity index (χ4v) is 3.26. The van der Waals surface area contributed by atoms with E-state index in [2.05, 4.69) is 15.0 Å². The molecule has 1 atom stereocenters. The molecule has 0 saturated heterocycles. The molecule has 28 heavy (non-hydrogen) atoms. The highest BCUT2D eigenvalue weighted by Crippen LogP contribution is 2.29. The smallest absolute Gasteiger partial charge is 0.129 e. The second-order valence-electron chi connectivity index (χ2n) is 6.73. The van der Waals surface area contributed by atoms with Crippen molar-refractivity contribution in [3.63, 3.8) is 0 Å². The van der Waals surface area contributed by atoms with E-state index < -0.39 is 17.7 Å². The van der Waals surface area contributed by atoms with Gasteiger partial charge in [0.15, 0.2) is 0 Å². The summed E-state index contributed by atoms with van der Waals surface area (Å²) in [6.07, 6.45) is 5.11. The first-order valence-electron chi connectivity index (χ1n) is 8.88. The maximum absolute atomic E-state index is 13.9. The maximum Gasteiger partial charge on any atom is 0.129 e. The summed E-state index contributed by atoms with van der Waals surface area (Å²) < 4.78 is 27.7. The summed E-state index contributed by atoms with van der Waals surface area (Å²) >= 11 is 0. The zero-order valence-electron chi connectivity index (χ0n) is 15.2. The Hall–Kier alpha value is -3.25. The Morgan fingerprint density at radius 1 is 1.04 bits per heavy atom. The van der Waals surface area contributed by atoms with E-state index in [9.17, 15) is 8.78 Å². The number of rotatable bonds is 4. The number of pyridine rings is 1. The van der Waals surface area contributed by atoms with Gasteiger partial charge < -0.3 is 5.73 Å². The minimum atomic E-state index is -0.578. The molecule has 6 heteroatoms. The lowest BCUT2D eigenvalue weighted by atomic mass is 9.96. The van der Waals surface area contributed by atoms with Crippen LogP contribution in [0.5, 0.6) is 0 Å². The van der Waals surface area contributed by atoms with Gasteiger partial charge in [-0.05, 0) is 48.7 Å². The van der Waals surface area contributed by atoms with Crippen LogP contribution in [0.1, 0.15) is 22.9 Å². The van der Waals surface area contributed by atoms with Crippen molar-refractivity contribution in [1.29, 1.82) is 0 Å². The highest BCUT2D eigenvalue weighted by molar-refractivity contribution is 5.84. The molecule has 4 aromatic rings. The molecule has 4 rings (SSSR count). The summed E-state index contributed by atoms with van der Waals surface area (Å²) in [6.45, 7) is 1.41. The highest BCUT2D eigenvalue weighted by atomic mass is 19.1. The molecule has 1 unspecified atom stereocenters. The minimum absolute atomic E-state index is 0.00344. The second-order valence-corrected chi connectivity index (χ2v) is 6.73. The van der Waals surface area contributed by atoms with Crippen molar-refractivity contribution in [2.24, 2.45) is 5.73 Å². The Labute approximate surface area is 161 Å². The van der Waals surface area contributed by atoms with Crippen LogP contribution in [0.4, 0.5) is 8.78 Å². The first-order valence-corrected chi connectivity index (χ1v) is 8.88. The van der Waals surface area contributed by atoms with E-state index in [-0.39, 0.29) is 12.0 Å². The Bertz CT molecular complexity index is 1140. The third kappa shape index (κ3) is 3.46. The second kappa shape index (κ2) is 7.40. The molecule has 0 bridgehead atoms. The maximum atomic E-state index is 13.9. The Morgan fingerprint density at radius 3 is 2.61 bits per heavy atom. The van der Waals surface area contributed by atoms with Gasteiger partial charge in [0, 0.05) is 28.9 Å². The van der Waals surface area contributed by atoms with E-state index in [1.165, 1.54) is 25.4 Å². The third-order valence-corrected chi connectivity index (χ3v) is 4.81. The predicted molar refractivity (Wildman–Crippen MR) is 104 cm³/mol. The summed E-state index contributed by atoms with van der Waals surface area (Å²) in [5.41, 5.74) is 9.98. The first kappa shape index (κ1) is 18.1. The van der Waals surface area contributed by atoms with Gasteiger partial charge in [0.05, 0.1) is 17.3 Å². The standard InChI is InChI=1S/C22H18F2N4/c1-13-18(23)7-14(8-19(13)24)9-20(25)22-17(11-26-12-28-22)16-5-4-15-3-2-6-27-21(15)10-16/h2-8,10-12,20H,9,25H2,1H3. The van der Waals surface area contributed by atoms with Gasteiger partial charge in [-0.3, -0.25) is 4.98 Å². The molecular weight excluding hydrogens is 358 g/mol. The Kier molecular flexibility index (Phi) is 4.79. The molecule has 2 N–H and O–H groups in total. The number of nitrogens with two attached hydrogens (primary N) is 1. The molecule has 2 aromatic carbocycles. The van der Waals surface area contributed by atoms with Crippen molar-refractivity contribution in [3.8, 4) is 11.1 Å². The normalized spacial score (nSPS) is 12.3. The van der Waals surface area contributed by atoms with Crippen molar-refractivity contribution in [2.75, 3.05) is 0 Å². The van der Waals surface area contributed by atoms with Crippen molar-refractivity contribution in [2.45, 2.75) is 19.4 Å². The number of fused-ring (bicyclic) bond motifs is 1. The zero-order chi connectivity index (χ0) is 19.7. The molecule has 2 aromatic heterocycles. The molecule has 0 aliphatic heterocycles. The quantitative estimate of drug-likeness (QED) is 0.569. The van der Waals surface area contributed by atoms with Gasteiger partial charge in [0.2, 0.25) is 0 Å². The van der Waals surface area contributed by atoms with Gasteiger partial charge >= 0.3 is 0 Å². The molecule has 0 saturated carbocycles. The van der Waals surface area contributed by atoms with E-state index in [1.807, 2.05) is 30.3 Å². The molecular formula is C22H18F2N4. The van der Waals surface area contributed by atoms with Gasteiger partial charge in [0.1, 0.15) is 18.0 Å². The lowest BCUT2D eigenvalue weighted by molar-refractivity contribution is 0.561. The van der Waals surface area contributed by atoms with Crippen molar-refractivity contribution in [3.05, 3.63) is 89.6 Å². The Morgan fingerprint density at radius 2 is 1.82 bits per heavy atom. The monoisotopic (exact) mass is 376 g/mol. The number of hydrogen-bond acceptors (Lipinski definition) is 4. The molecule has 2 heterocycles. The SMILES string of the molecule is Cc1c(F)cc(CC(N)c2ncncc2-c2ccc3cccnc3c2)cc1F. The van der Waals surface area contributed by atoms with E-state index in [0.29, 0.717) is 11.3 Å². The predicted octanol–water partition coefficient (Wildman–Crippen LogP) is 4.52. The largest absolute Gasteiger partial charge is 0.322 e. The van der Waals surface area contributed by atoms with Crippen LogP contribution in [0.25, 0.3) is 22.0 Å². The summed E-state index contributed by atoms with van der Waals surface area (Å²) in [5, 5.41) is 1.03. The number of nitrogens with zero attached hydrogens (tertiary/aromatic N) is 3. The van der Waals surface area contributed by atoms with Crippen LogP contribution in [-0.4, -0.2) is 15.0 Å². The number of benzene rings is 2. The van der Waals surface area contributed by atoms with Gasteiger partial charge in [-0.15, -0.1) is 0 Å². The van der Waals surface area contributed by atoms with E-state index >= 15 is 0 Å². The van der Waals surface area contributed by atoms with Crippen molar-refractivity contribution >= 4 is 10.9 Å². The minimum Gasteiger partial charge on any atom is -0.322 e. The number of halogens is 2. The topological polar surface area (TPSA) is 64.7 Å². The lowest BCUT2D eigenvalue weighted by Gasteiger charge is -2.16. The van der Waals surface area contributed by atoms with Crippen LogP contribution in [0.3, 0.4) is 0 Å². The summed E-state index contributed by atoms with van der Waals surface area (Å²) in [6, 6.07) is 11.9. The Balaban J connectivity index is 1.70. The van der Waals surface area contributed by atoms with Crippen LogP contribution in [0.2, 0.25) is 0 Å². The molecule has 0 aliphatic carbocycles. The fourth-order valence-electron chi connectivity index (χ4n) is 3.26. The number of aromatic nitrogens is 3. The van der Waals surface area contributed by atoms with Crippen LogP contribution in [-0.2, 0) is 6.42 Å². The van der Waals surface area contributed by atoms with Crippen LogP contribution in [0.15, 0.2) is 61.2 Å². The average Bonchev–Trinajstić information content (AvgIpc) is 2.71. The highest BCUT2D eigenvalue weighted by Gasteiger charge is 2.17. The summed E-state index contributed by atoms with van der Waals surface area (Å²) in [4.78, 5) is 12.9. The van der Waals surface area contributed by atoms with Gasteiger partial charge in [-0.25, -0.2) is 18.7 Å². The van der Waals surface area contributed by atoms with Crippen molar-refractivity contribution < 1.29 is 8.78 Å². The fraction of sp³-hybridized carbons (Fsp3) is 0.136. The van der Waals surface area contributed by atoms with Gasteiger partial charge in [0.25, 0.3) is 0 Å².